The van der Waals surface area contributed by atoms with Gasteiger partial charge in [-0.2, -0.15) is 0 Å². The first-order valence-corrected chi connectivity index (χ1v) is 12.8. The Morgan fingerprint density at radius 1 is 1.06 bits per heavy atom. The second-order valence-corrected chi connectivity index (χ2v) is 9.92. The molecule has 4 aromatic rings. The molecule has 0 aliphatic carbocycles. The van der Waals surface area contributed by atoms with Gasteiger partial charge in [0.05, 0.1) is 30.8 Å². The van der Waals surface area contributed by atoms with Crippen molar-refractivity contribution in [1.82, 2.24) is 4.90 Å². The van der Waals surface area contributed by atoms with E-state index in [1.54, 1.807) is 14.2 Å². The molecule has 5 rings (SSSR count). The van der Waals surface area contributed by atoms with Crippen LogP contribution in [-0.2, 0) is 0 Å². The van der Waals surface area contributed by atoms with Crippen molar-refractivity contribution in [3.8, 4) is 11.5 Å². The number of fused-ring (bicyclic) bond motifs is 1. The molecule has 1 N–H and O–H groups in total. The molecule has 0 radical (unpaired) electrons. The molecule has 35 heavy (non-hydrogen) atoms. The van der Waals surface area contributed by atoms with Crippen molar-refractivity contribution in [3.63, 3.8) is 0 Å². The van der Waals surface area contributed by atoms with Crippen molar-refractivity contribution in [2.24, 2.45) is 5.92 Å². The van der Waals surface area contributed by atoms with Crippen LogP contribution < -0.4 is 14.8 Å². The molecule has 1 amide bonds. The minimum absolute atomic E-state index is 0.142. The first-order valence-electron chi connectivity index (χ1n) is 11.9. The molecule has 7 heteroatoms. The number of nitrogens with one attached hydrogen (secondary N) is 1. The summed E-state index contributed by atoms with van der Waals surface area (Å²) in [6.07, 6.45) is 2.19. The summed E-state index contributed by atoms with van der Waals surface area (Å²) in [5.41, 5.74) is 2.39. The van der Waals surface area contributed by atoms with Gasteiger partial charge in [-0.3, -0.25) is 9.69 Å². The van der Waals surface area contributed by atoms with Crippen LogP contribution in [0.4, 0.5) is 5.69 Å². The fourth-order valence-electron chi connectivity index (χ4n) is 4.89. The highest BCUT2D eigenvalue weighted by molar-refractivity contribution is 7.12. The average Bonchev–Trinajstić information content (AvgIpc) is 3.54. The third kappa shape index (κ3) is 4.54. The van der Waals surface area contributed by atoms with Gasteiger partial charge >= 0.3 is 0 Å². The largest absolute Gasteiger partial charge is 0.493 e. The van der Waals surface area contributed by atoms with Gasteiger partial charge in [-0.05, 0) is 61.5 Å². The molecule has 1 aliphatic rings. The number of benzene rings is 2. The van der Waals surface area contributed by atoms with Crippen LogP contribution in [0.25, 0.3) is 11.0 Å². The second kappa shape index (κ2) is 10.1. The molecule has 3 heterocycles. The number of carbonyl (C=O) groups is 1. The summed E-state index contributed by atoms with van der Waals surface area (Å²) in [5.74, 6) is 2.58. The topological polar surface area (TPSA) is 63.9 Å². The fourth-order valence-corrected chi connectivity index (χ4v) is 5.51. The molecular formula is C28H30N2O4S. The zero-order valence-corrected chi connectivity index (χ0v) is 21.1. The Hall–Kier alpha value is -3.29. The summed E-state index contributed by atoms with van der Waals surface area (Å²) < 4.78 is 18.0. The fraction of sp³-hybridized carbons (Fsp3) is 0.321. The maximum absolute atomic E-state index is 13.2. The average molecular weight is 491 g/mol. The van der Waals surface area contributed by atoms with E-state index in [1.165, 1.54) is 11.3 Å². The predicted octanol–water partition coefficient (Wildman–Crippen LogP) is 6.59. The molecule has 182 valence electrons. The third-order valence-electron chi connectivity index (χ3n) is 6.77. The van der Waals surface area contributed by atoms with E-state index in [1.807, 2.05) is 53.9 Å². The number of amides is 1. The highest BCUT2D eigenvalue weighted by Gasteiger charge is 2.35. The molecule has 0 bridgehead atoms. The molecule has 0 saturated carbocycles. The maximum atomic E-state index is 13.2. The summed E-state index contributed by atoms with van der Waals surface area (Å²) in [5, 5.41) is 5.96. The molecule has 1 fully saturated rings. The Balaban J connectivity index is 1.69. The molecule has 6 nitrogen and oxygen atoms in total. The van der Waals surface area contributed by atoms with E-state index in [2.05, 4.69) is 23.2 Å². The number of para-hydroxylation sites is 2. The molecule has 2 aromatic carbocycles. The van der Waals surface area contributed by atoms with E-state index in [9.17, 15) is 4.79 Å². The molecule has 0 unspecified atom stereocenters. The van der Waals surface area contributed by atoms with E-state index in [0.717, 1.165) is 42.5 Å². The summed E-state index contributed by atoms with van der Waals surface area (Å²) in [6, 6.07) is 17.2. The summed E-state index contributed by atoms with van der Waals surface area (Å²) in [4.78, 5) is 16.3. The highest BCUT2D eigenvalue weighted by Crippen LogP contribution is 2.46. The Kier molecular flexibility index (Phi) is 6.79. The summed E-state index contributed by atoms with van der Waals surface area (Å²) >= 11 is 1.42. The number of ether oxygens (including phenoxy) is 2. The Labute approximate surface area is 209 Å². The van der Waals surface area contributed by atoms with Crippen LogP contribution in [0, 0.1) is 5.92 Å². The van der Waals surface area contributed by atoms with Gasteiger partial charge in [-0.1, -0.05) is 37.3 Å². The summed E-state index contributed by atoms with van der Waals surface area (Å²) in [7, 11) is 3.31. The number of anilines is 1. The molecule has 2 aromatic heterocycles. The Morgan fingerprint density at radius 3 is 2.57 bits per heavy atom. The minimum atomic E-state index is -0.251. The van der Waals surface area contributed by atoms with Crippen LogP contribution in [0.1, 0.15) is 46.8 Å². The zero-order valence-electron chi connectivity index (χ0n) is 20.2. The van der Waals surface area contributed by atoms with Crippen LogP contribution in [0.5, 0.6) is 11.5 Å². The monoisotopic (exact) mass is 490 g/mol. The molecule has 0 spiro atoms. The number of hydrogen-bond acceptors (Lipinski definition) is 6. The molecular weight excluding hydrogens is 460 g/mol. The third-order valence-corrected chi connectivity index (χ3v) is 7.63. The first kappa shape index (κ1) is 23.5. The van der Waals surface area contributed by atoms with Crippen LogP contribution in [0.2, 0.25) is 0 Å². The SMILES string of the molecule is COc1cccc([C@@H](c2oc3ccccc3c2NC(=O)c2cccs2)N2CCC(C)CC2)c1OC. The van der Waals surface area contributed by atoms with Gasteiger partial charge in [0.25, 0.3) is 5.91 Å². The number of likely N-dealkylation sites (tertiary alicyclic amines) is 1. The lowest BCUT2D eigenvalue weighted by atomic mass is 9.93. The van der Waals surface area contributed by atoms with Crippen LogP contribution in [0.15, 0.2) is 64.4 Å². The quantitative estimate of drug-likeness (QED) is 0.317. The number of rotatable bonds is 7. The minimum Gasteiger partial charge on any atom is -0.493 e. The number of hydrogen-bond donors (Lipinski definition) is 1. The van der Waals surface area contributed by atoms with Crippen molar-refractivity contribution in [1.29, 1.82) is 0 Å². The molecule has 1 saturated heterocycles. The van der Waals surface area contributed by atoms with E-state index >= 15 is 0 Å². The normalized spacial score (nSPS) is 15.7. The predicted molar refractivity (Wildman–Crippen MR) is 140 cm³/mol. The van der Waals surface area contributed by atoms with E-state index in [0.29, 0.717) is 33.7 Å². The van der Waals surface area contributed by atoms with E-state index in [4.69, 9.17) is 13.9 Å². The van der Waals surface area contributed by atoms with Crippen LogP contribution in [0.3, 0.4) is 0 Å². The second-order valence-electron chi connectivity index (χ2n) is 8.97. The number of carbonyl (C=O) groups excluding carboxylic acids is 1. The van der Waals surface area contributed by atoms with E-state index in [-0.39, 0.29) is 11.9 Å². The lowest BCUT2D eigenvalue weighted by molar-refractivity contribution is 0.102. The Morgan fingerprint density at radius 2 is 1.86 bits per heavy atom. The van der Waals surface area contributed by atoms with Gasteiger partial charge < -0.3 is 19.2 Å². The Bertz CT molecular complexity index is 1310. The molecule has 1 aliphatic heterocycles. The number of thiophene rings is 1. The van der Waals surface area contributed by atoms with Crippen LogP contribution in [-0.4, -0.2) is 38.1 Å². The van der Waals surface area contributed by atoms with Gasteiger partial charge in [0.2, 0.25) is 0 Å². The maximum Gasteiger partial charge on any atom is 0.265 e. The standard InChI is InChI=1S/C28H30N2O4S/c1-18-13-15-30(16-14-18)25(20-9-6-11-22(32-2)26(20)33-3)27-24(19-8-4-5-10-21(19)34-27)29-28(31)23-12-7-17-35-23/h4-12,17-18,25H,13-16H2,1-3H3,(H,29,31)/t25-/m0/s1. The van der Waals surface area contributed by atoms with Crippen molar-refractivity contribution >= 4 is 33.9 Å². The van der Waals surface area contributed by atoms with Gasteiger partial charge in [0, 0.05) is 10.9 Å². The molecule has 1 atom stereocenters. The van der Waals surface area contributed by atoms with Crippen molar-refractivity contribution < 1.29 is 18.7 Å². The zero-order chi connectivity index (χ0) is 24.4. The lowest BCUT2D eigenvalue weighted by Crippen LogP contribution is -2.37. The van der Waals surface area contributed by atoms with Crippen LogP contribution >= 0.6 is 11.3 Å². The van der Waals surface area contributed by atoms with Crippen molar-refractivity contribution in [2.75, 3.05) is 32.6 Å². The van der Waals surface area contributed by atoms with Gasteiger partial charge in [0.15, 0.2) is 17.3 Å². The first-order chi connectivity index (χ1) is 17.1. The number of furan rings is 1. The smallest absolute Gasteiger partial charge is 0.265 e. The van der Waals surface area contributed by atoms with Gasteiger partial charge in [-0.25, -0.2) is 0 Å². The van der Waals surface area contributed by atoms with Gasteiger partial charge in [0.1, 0.15) is 5.58 Å². The summed E-state index contributed by atoms with van der Waals surface area (Å²) in [6.45, 7) is 4.13. The number of piperidine rings is 1. The number of nitrogens with zero attached hydrogens (tertiary/aromatic N) is 1. The highest BCUT2D eigenvalue weighted by atomic mass is 32.1. The lowest BCUT2D eigenvalue weighted by Gasteiger charge is -2.37. The van der Waals surface area contributed by atoms with Crippen molar-refractivity contribution in [2.45, 2.75) is 25.8 Å². The van der Waals surface area contributed by atoms with Crippen molar-refractivity contribution in [3.05, 3.63) is 76.2 Å². The number of methoxy groups -OCH3 is 2. The van der Waals surface area contributed by atoms with E-state index < -0.39 is 0 Å². The van der Waals surface area contributed by atoms with Gasteiger partial charge in [-0.15, -0.1) is 11.3 Å².